The van der Waals surface area contributed by atoms with Crippen molar-refractivity contribution in [2.45, 2.75) is 27.2 Å². The number of hydrogen-bond acceptors (Lipinski definition) is 2. The fourth-order valence-corrected chi connectivity index (χ4v) is 1.17. The third-order valence-corrected chi connectivity index (χ3v) is 1.89. The Labute approximate surface area is 80.0 Å². The highest BCUT2D eigenvalue weighted by Crippen LogP contribution is 2.01. The molecule has 1 amide bonds. The first-order valence-electron chi connectivity index (χ1n) is 4.74. The first-order chi connectivity index (χ1) is 6.17. The maximum atomic E-state index is 11.6. The molecule has 13 heavy (non-hydrogen) atoms. The van der Waals surface area contributed by atoms with E-state index in [-0.39, 0.29) is 12.5 Å². The van der Waals surface area contributed by atoms with Gasteiger partial charge in [-0.15, -0.1) is 0 Å². The van der Waals surface area contributed by atoms with Crippen LogP contribution in [-0.4, -0.2) is 35.6 Å². The summed E-state index contributed by atoms with van der Waals surface area (Å²) in [6.45, 7) is 6.81. The van der Waals surface area contributed by atoms with Gasteiger partial charge in [0.2, 0.25) is 5.91 Å². The second-order valence-corrected chi connectivity index (χ2v) is 2.90. The number of carbonyl (C=O) groups excluding carboxylic acids is 1. The number of rotatable bonds is 5. The number of hydrogen-bond donors (Lipinski definition) is 1. The smallest absolute Gasteiger partial charge is 0.249 e. The zero-order valence-electron chi connectivity index (χ0n) is 8.71. The largest absolute Gasteiger partial charge is 0.395 e. The van der Waals surface area contributed by atoms with Crippen LogP contribution in [0.2, 0.25) is 0 Å². The van der Waals surface area contributed by atoms with E-state index in [1.54, 1.807) is 4.90 Å². The Morgan fingerprint density at radius 2 is 2.08 bits per heavy atom. The molecule has 0 saturated heterocycles. The van der Waals surface area contributed by atoms with Gasteiger partial charge in [-0.25, -0.2) is 0 Å². The molecule has 0 unspecified atom stereocenters. The van der Waals surface area contributed by atoms with Gasteiger partial charge in [-0.1, -0.05) is 13.0 Å². The van der Waals surface area contributed by atoms with E-state index in [0.717, 1.165) is 12.0 Å². The molecule has 0 atom stereocenters. The minimum absolute atomic E-state index is 0.0263. The zero-order valence-corrected chi connectivity index (χ0v) is 8.71. The number of allylic oxidation sites excluding steroid dienone is 1. The lowest BCUT2D eigenvalue weighted by molar-refractivity contribution is -0.127. The summed E-state index contributed by atoms with van der Waals surface area (Å²) in [7, 11) is 0. The van der Waals surface area contributed by atoms with E-state index in [0.29, 0.717) is 13.1 Å². The van der Waals surface area contributed by atoms with Crippen LogP contribution in [0.25, 0.3) is 0 Å². The summed E-state index contributed by atoms with van der Waals surface area (Å²) in [4.78, 5) is 13.2. The third-order valence-electron chi connectivity index (χ3n) is 1.89. The highest BCUT2D eigenvalue weighted by atomic mass is 16.3. The van der Waals surface area contributed by atoms with Gasteiger partial charge in [0.05, 0.1) is 6.61 Å². The summed E-state index contributed by atoms with van der Waals surface area (Å²) in [6, 6.07) is 0. The van der Waals surface area contributed by atoms with E-state index < -0.39 is 0 Å². The van der Waals surface area contributed by atoms with E-state index in [2.05, 4.69) is 0 Å². The third kappa shape index (κ3) is 4.08. The topological polar surface area (TPSA) is 40.5 Å². The lowest BCUT2D eigenvalue weighted by Crippen LogP contribution is -2.33. The maximum absolute atomic E-state index is 11.6. The number of carbonyl (C=O) groups is 1. The molecule has 0 heterocycles. The fraction of sp³-hybridized carbons (Fsp3) is 0.700. The van der Waals surface area contributed by atoms with Crippen LogP contribution in [0.3, 0.4) is 0 Å². The van der Waals surface area contributed by atoms with Crippen molar-refractivity contribution in [3.05, 3.63) is 11.6 Å². The van der Waals surface area contributed by atoms with Gasteiger partial charge >= 0.3 is 0 Å². The Hall–Kier alpha value is -0.830. The van der Waals surface area contributed by atoms with Crippen molar-refractivity contribution >= 4 is 5.91 Å². The highest BCUT2D eigenvalue weighted by molar-refractivity contribution is 5.92. The first kappa shape index (κ1) is 12.2. The van der Waals surface area contributed by atoms with Gasteiger partial charge < -0.3 is 10.0 Å². The van der Waals surface area contributed by atoms with Crippen molar-refractivity contribution in [1.82, 2.24) is 4.90 Å². The quantitative estimate of drug-likeness (QED) is 0.653. The van der Waals surface area contributed by atoms with Crippen LogP contribution < -0.4 is 0 Å². The Kier molecular flexibility index (Phi) is 6.24. The molecule has 0 aliphatic carbocycles. The monoisotopic (exact) mass is 185 g/mol. The molecule has 0 radical (unpaired) electrons. The number of aliphatic hydroxyl groups is 1. The fourth-order valence-electron chi connectivity index (χ4n) is 1.17. The van der Waals surface area contributed by atoms with Crippen LogP contribution in [0.5, 0.6) is 0 Å². The molecule has 0 fully saturated rings. The summed E-state index contributed by atoms with van der Waals surface area (Å²) < 4.78 is 0. The molecule has 76 valence electrons. The number of aliphatic hydroxyl groups excluding tert-OH is 1. The average molecular weight is 185 g/mol. The van der Waals surface area contributed by atoms with Gasteiger partial charge in [0.25, 0.3) is 0 Å². The molecule has 0 aliphatic heterocycles. The van der Waals surface area contributed by atoms with E-state index in [1.807, 2.05) is 26.8 Å². The van der Waals surface area contributed by atoms with Crippen LogP contribution in [-0.2, 0) is 4.79 Å². The van der Waals surface area contributed by atoms with E-state index in [9.17, 15) is 4.79 Å². The lowest BCUT2D eigenvalue weighted by Gasteiger charge is -2.19. The molecule has 3 nitrogen and oxygen atoms in total. The van der Waals surface area contributed by atoms with Crippen LogP contribution >= 0.6 is 0 Å². The summed E-state index contributed by atoms with van der Waals surface area (Å²) >= 11 is 0. The molecular formula is C10H19NO2. The normalized spacial score (nSPS) is 11.5. The molecule has 0 aromatic heterocycles. The molecule has 0 aliphatic rings. The number of amides is 1. The maximum Gasteiger partial charge on any atom is 0.249 e. The molecule has 0 saturated carbocycles. The van der Waals surface area contributed by atoms with Crippen LogP contribution in [0.1, 0.15) is 27.2 Å². The van der Waals surface area contributed by atoms with Crippen molar-refractivity contribution in [1.29, 1.82) is 0 Å². The Morgan fingerprint density at radius 1 is 1.46 bits per heavy atom. The Bertz CT molecular complexity index is 187. The molecule has 0 spiro atoms. The molecule has 0 rings (SSSR count). The van der Waals surface area contributed by atoms with E-state index in [1.165, 1.54) is 0 Å². The van der Waals surface area contributed by atoms with Gasteiger partial charge in [-0.05, 0) is 20.3 Å². The molecule has 1 N–H and O–H groups in total. The number of nitrogens with zero attached hydrogens (tertiary/aromatic N) is 1. The standard InChI is InChI=1S/C10H19NO2/c1-4-6-9(3)10(13)11(5-2)7-8-12/h6,12H,4-5,7-8H2,1-3H3/b9-6+. The van der Waals surface area contributed by atoms with Crippen molar-refractivity contribution < 1.29 is 9.90 Å². The van der Waals surface area contributed by atoms with E-state index >= 15 is 0 Å². The Balaban J connectivity index is 4.27. The van der Waals surface area contributed by atoms with Crippen molar-refractivity contribution in [3.8, 4) is 0 Å². The van der Waals surface area contributed by atoms with Gasteiger partial charge in [0, 0.05) is 18.7 Å². The molecule has 0 aromatic rings. The predicted octanol–water partition coefficient (Wildman–Crippen LogP) is 1.18. The van der Waals surface area contributed by atoms with Crippen molar-refractivity contribution in [2.75, 3.05) is 19.7 Å². The lowest BCUT2D eigenvalue weighted by atomic mass is 10.2. The minimum atomic E-state index is 0.0263. The van der Waals surface area contributed by atoms with Gasteiger partial charge in [-0.2, -0.15) is 0 Å². The summed E-state index contributed by atoms with van der Waals surface area (Å²) in [5, 5.41) is 8.71. The molecule has 3 heteroatoms. The summed E-state index contributed by atoms with van der Waals surface area (Å²) in [5.74, 6) is 0.0263. The molecule has 0 bridgehead atoms. The summed E-state index contributed by atoms with van der Waals surface area (Å²) in [5.41, 5.74) is 0.762. The van der Waals surface area contributed by atoms with E-state index in [4.69, 9.17) is 5.11 Å². The first-order valence-corrected chi connectivity index (χ1v) is 4.74. The summed E-state index contributed by atoms with van der Waals surface area (Å²) in [6.07, 6.45) is 2.77. The SMILES string of the molecule is CC/C=C(\C)C(=O)N(CC)CCO. The van der Waals surface area contributed by atoms with Crippen LogP contribution in [0, 0.1) is 0 Å². The molecular weight excluding hydrogens is 166 g/mol. The Morgan fingerprint density at radius 3 is 2.46 bits per heavy atom. The van der Waals surface area contributed by atoms with Gasteiger partial charge in [-0.3, -0.25) is 4.79 Å². The van der Waals surface area contributed by atoms with Crippen molar-refractivity contribution in [2.24, 2.45) is 0 Å². The van der Waals surface area contributed by atoms with Crippen LogP contribution in [0.15, 0.2) is 11.6 Å². The van der Waals surface area contributed by atoms with Gasteiger partial charge in [0.15, 0.2) is 0 Å². The molecule has 0 aromatic carbocycles. The zero-order chi connectivity index (χ0) is 10.3. The van der Waals surface area contributed by atoms with Crippen molar-refractivity contribution in [3.63, 3.8) is 0 Å². The average Bonchev–Trinajstić information content (AvgIpc) is 2.13. The second-order valence-electron chi connectivity index (χ2n) is 2.90. The highest BCUT2D eigenvalue weighted by Gasteiger charge is 2.11. The second kappa shape index (κ2) is 6.66. The van der Waals surface area contributed by atoms with Gasteiger partial charge in [0.1, 0.15) is 0 Å². The predicted molar refractivity (Wildman–Crippen MR) is 53.4 cm³/mol. The minimum Gasteiger partial charge on any atom is -0.395 e. The number of likely N-dealkylation sites (N-methyl/N-ethyl adjacent to an activating group) is 1. The van der Waals surface area contributed by atoms with Crippen LogP contribution in [0.4, 0.5) is 0 Å².